The Balaban J connectivity index is 1.16. The van der Waals surface area contributed by atoms with E-state index in [0.717, 1.165) is 51.6 Å². The first-order valence-corrected chi connectivity index (χ1v) is 14.4. The molecular weight excluding hydrogens is 480 g/mol. The second kappa shape index (κ2) is 10.0. The van der Waals surface area contributed by atoms with Gasteiger partial charge in [-0.1, -0.05) is 29.4 Å². The summed E-state index contributed by atoms with van der Waals surface area (Å²) < 4.78 is 10.7. The maximum Gasteiger partial charge on any atom is 0.322 e. The first-order chi connectivity index (χ1) is 18.4. The number of amides is 2. The van der Waals surface area contributed by atoms with Crippen molar-refractivity contribution in [3.63, 3.8) is 0 Å². The summed E-state index contributed by atoms with van der Waals surface area (Å²) in [7, 11) is 0. The van der Waals surface area contributed by atoms with Crippen molar-refractivity contribution in [3.05, 3.63) is 46.8 Å². The van der Waals surface area contributed by atoms with E-state index in [0.29, 0.717) is 54.7 Å². The number of aryl methyl sites for hydroxylation is 2. The predicted molar refractivity (Wildman–Crippen MR) is 144 cm³/mol. The summed E-state index contributed by atoms with van der Waals surface area (Å²) in [5, 5.41) is 7.05. The topological polar surface area (TPSA) is 87.9 Å². The Morgan fingerprint density at radius 2 is 1.84 bits per heavy atom. The molecule has 2 bridgehead atoms. The number of benzene rings is 1. The smallest absolute Gasteiger partial charge is 0.322 e. The molecule has 2 aromatic rings. The average Bonchev–Trinajstić information content (AvgIpc) is 3.38. The third-order valence-corrected chi connectivity index (χ3v) is 9.90. The zero-order valence-electron chi connectivity index (χ0n) is 22.9. The molecule has 2 amide bonds. The van der Waals surface area contributed by atoms with Crippen LogP contribution in [-0.2, 0) is 21.5 Å². The van der Waals surface area contributed by atoms with E-state index in [-0.39, 0.29) is 23.3 Å². The van der Waals surface area contributed by atoms with Gasteiger partial charge in [-0.2, -0.15) is 0 Å². The number of esters is 1. The van der Waals surface area contributed by atoms with Gasteiger partial charge in [0, 0.05) is 24.5 Å². The summed E-state index contributed by atoms with van der Waals surface area (Å²) >= 11 is 0. The van der Waals surface area contributed by atoms with E-state index < -0.39 is 0 Å². The van der Waals surface area contributed by atoms with Gasteiger partial charge in [-0.3, -0.25) is 4.79 Å². The Bertz CT molecular complexity index is 1170. The number of piperidine rings is 1. The molecule has 38 heavy (non-hydrogen) atoms. The fourth-order valence-corrected chi connectivity index (χ4v) is 8.04. The maximum absolute atomic E-state index is 13.4. The van der Waals surface area contributed by atoms with Gasteiger partial charge in [0.25, 0.3) is 0 Å². The standard InChI is InChI=1S/C30H40N4O4/c1-4-37-28(35)26-21-9-10-22(26)16-24(15-21)33-13-11-30(12-14-33)18-34(17-23-7-5-6-8-25(23)30)29(36)31-27-19(2)32-38-20(27)3/h5-8,21-22,24,26H,4,9-18H2,1-3H3,(H,31,36). The van der Waals surface area contributed by atoms with Crippen molar-refractivity contribution in [2.75, 3.05) is 31.6 Å². The number of hydrogen-bond donors (Lipinski definition) is 1. The normalized spacial score (nSPS) is 28.2. The van der Waals surface area contributed by atoms with Crippen LogP contribution in [0.3, 0.4) is 0 Å². The van der Waals surface area contributed by atoms with Crippen molar-refractivity contribution in [1.82, 2.24) is 15.0 Å². The highest BCUT2D eigenvalue weighted by atomic mass is 16.5. The van der Waals surface area contributed by atoms with Crippen LogP contribution in [0.25, 0.3) is 0 Å². The maximum atomic E-state index is 13.4. The molecule has 8 heteroatoms. The number of nitrogens with zero attached hydrogens (tertiary/aromatic N) is 3. The number of nitrogens with one attached hydrogen (secondary N) is 1. The van der Waals surface area contributed by atoms with Crippen molar-refractivity contribution in [2.45, 2.75) is 77.3 Å². The first-order valence-electron chi connectivity index (χ1n) is 14.4. The van der Waals surface area contributed by atoms with Crippen LogP contribution >= 0.6 is 0 Å². The summed E-state index contributed by atoms with van der Waals surface area (Å²) in [5.74, 6) is 1.70. The minimum Gasteiger partial charge on any atom is -0.466 e. The predicted octanol–water partition coefficient (Wildman–Crippen LogP) is 5.04. The third-order valence-electron chi connectivity index (χ3n) is 9.90. The van der Waals surface area contributed by atoms with Crippen molar-refractivity contribution >= 4 is 17.7 Å². The number of hydrogen-bond acceptors (Lipinski definition) is 6. The Morgan fingerprint density at radius 1 is 1.13 bits per heavy atom. The van der Waals surface area contributed by atoms with Crippen LogP contribution in [0.2, 0.25) is 0 Å². The van der Waals surface area contributed by atoms with E-state index in [4.69, 9.17) is 9.26 Å². The molecule has 3 fully saturated rings. The lowest BCUT2D eigenvalue weighted by molar-refractivity contribution is -0.152. The lowest BCUT2D eigenvalue weighted by atomic mass is 9.68. The molecule has 204 valence electrons. The molecule has 2 unspecified atom stereocenters. The monoisotopic (exact) mass is 520 g/mol. The van der Waals surface area contributed by atoms with E-state index in [9.17, 15) is 9.59 Å². The van der Waals surface area contributed by atoms with E-state index >= 15 is 0 Å². The molecule has 1 saturated heterocycles. The van der Waals surface area contributed by atoms with Crippen LogP contribution < -0.4 is 5.32 Å². The SMILES string of the molecule is CCOC(=O)C1C2CCC1CC(N1CCC3(CC1)CN(C(=O)Nc1c(C)noc1C)Cc1ccccc13)C2. The highest BCUT2D eigenvalue weighted by Crippen LogP contribution is 2.50. The Morgan fingerprint density at radius 3 is 2.50 bits per heavy atom. The number of likely N-dealkylation sites (tertiary alicyclic amines) is 1. The van der Waals surface area contributed by atoms with E-state index in [1.165, 1.54) is 11.1 Å². The third kappa shape index (κ3) is 4.40. The minimum atomic E-state index is -0.0930. The highest BCUT2D eigenvalue weighted by molar-refractivity contribution is 5.90. The van der Waals surface area contributed by atoms with Crippen molar-refractivity contribution < 1.29 is 18.8 Å². The highest BCUT2D eigenvalue weighted by Gasteiger charge is 2.50. The van der Waals surface area contributed by atoms with Crippen LogP contribution in [0.15, 0.2) is 28.8 Å². The number of rotatable bonds is 4. The number of urea groups is 1. The molecule has 6 rings (SSSR count). The van der Waals surface area contributed by atoms with E-state index in [1.54, 1.807) is 0 Å². The summed E-state index contributed by atoms with van der Waals surface area (Å²) in [6.45, 7) is 9.43. The van der Waals surface area contributed by atoms with E-state index in [1.807, 2.05) is 25.7 Å². The Kier molecular flexibility index (Phi) is 6.70. The van der Waals surface area contributed by atoms with Crippen molar-refractivity contribution in [3.8, 4) is 0 Å². The number of ether oxygens (including phenoxy) is 1. The van der Waals surface area contributed by atoms with Crippen LogP contribution in [0.4, 0.5) is 10.5 Å². The largest absolute Gasteiger partial charge is 0.466 e. The van der Waals surface area contributed by atoms with Gasteiger partial charge in [0.2, 0.25) is 0 Å². The molecule has 1 aromatic carbocycles. The second-order valence-electron chi connectivity index (χ2n) is 12.0. The average molecular weight is 521 g/mol. The Hall–Kier alpha value is -2.87. The lowest BCUT2D eigenvalue weighted by Crippen LogP contribution is -2.56. The summed E-state index contributed by atoms with van der Waals surface area (Å²) in [5.41, 5.74) is 3.98. The number of fused-ring (bicyclic) bond motifs is 4. The molecule has 4 aliphatic rings. The van der Waals surface area contributed by atoms with Gasteiger partial charge in [0.1, 0.15) is 11.4 Å². The van der Waals surface area contributed by atoms with E-state index in [2.05, 4.69) is 39.6 Å². The molecule has 1 aromatic heterocycles. The van der Waals surface area contributed by atoms with Gasteiger partial charge >= 0.3 is 12.0 Å². The van der Waals surface area contributed by atoms with Crippen LogP contribution in [0.5, 0.6) is 0 Å². The van der Waals surface area contributed by atoms with Gasteiger partial charge in [-0.05, 0) is 95.3 Å². The molecule has 1 spiro atoms. The second-order valence-corrected chi connectivity index (χ2v) is 12.0. The van der Waals surface area contributed by atoms with Gasteiger partial charge in [0.15, 0.2) is 5.76 Å². The van der Waals surface area contributed by atoms with Gasteiger partial charge < -0.3 is 24.4 Å². The van der Waals surface area contributed by atoms with Gasteiger partial charge in [0.05, 0.1) is 12.5 Å². The number of anilines is 1. The summed E-state index contributed by atoms with van der Waals surface area (Å²) in [4.78, 5) is 30.7. The molecule has 3 heterocycles. The quantitative estimate of drug-likeness (QED) is 0.569. The summed E-state index contributed by atoms with van der Waals surface area (Å²) in [6.07, 6.45) is 6.60. The molecule has 8 nitrogen and oxygen atoms in total. The van der Waals surface area contributed by atoms with Crippen molar-refractivity contribution in [1.29, 1.82) is 0 Å². The number of aromatic nitrogens is 1. The fourth-order valence-electron chi connectivity index (χ4n) is 8.04. The first kappa shape index (κ1) is 25.4. The van der Waals surface area contributed by atoms with Crippen LogP contribution in [0, 0.1) is 31.6 Å². The van der Waals surface area contributed by atoms with Crippen LogP contribution in [-0.4, -0.2) is 59.2 Å². The zero-order chi connectivity index (χ0) is 26.4. The van der Waals surface area contributed by atoms with Gasteiger partial charge in [-0.25, -0.2) is 4.79 Å². The van der Waals surface area contributed by atoms with Crippen LogP contribution in [0.1, 0.15) is 68.0 Å². The zero-order valence-corrected chi connectivity index (χ0v) is 22.9. The minimum absolute atomic E-state index is 0.0322. The van der Waals surface area contributed by atoms with Crippen molar-refractivity contribution in [2.24, 2.45) is 17.8 Å². The molecule has 0 radical (unpaired) electrons. The summed E-state index contributed by atoms with van der Waals surface area (Å²) in [6, 6.07) is 9.13. The Labute approximate surface area is 225 Å². The molecular formula is C30H40N4O4. The lowest BCUT2D eigenvalue weighted by Gasteiger charge is -2.51. The number of carbonyl (C=O) groups excluding carboxylic acids is 2. The molecule has 1 N–H and O–H groups in total. The molecule has 2 atom stereocenters. The molecule has 2 aliphatic heterocycles. The molecule has 2 aliphatic carbocycles. The fraction of sp³-hybridized carbons (Fsp3) is 0.633. The van der Waals surface area contributed by atoms with Gasteiger partial charge in [-0.15, -0.1) is 0 Å². The molecule has 2 saturated carbocycles. The number of carbonyl (C=O) groups is 2.